The molecular formula is C14H21N3. The molecule has 1 heterocycles. The summed E-state index contributed by atoms with van der Waals surface area (Å²) in [5.74, 6) is 1.43. The van der Waals surface area contributed by atoms with Crippen LogP contribution in [0.2, 0.25) is 0 Å². The van der Waals surface area contributed by atoms with Gasteiger partial charge in [-0.3, -0.25) is 4.99 Å². The zero-order valence-electron chi connectivity index (χ0n) is 10.4. The zero-order chi connectivity index (χ0) is 12.1. The van der Waals surface area contributed by atoms with Crippen molar-refractivity contribution in [3.05, 3.63) is 35.9 Å². The molecule has 0 saturated heterocycles. The first kappa shape index (κ1) is 12.1. The van der Waals surface area contributed by atoms with Crippen LogP contribution in [-0.4, -0.2) is 18.4 Å². The fourth-order valence-electron chi connectivity index (χ4n) is 2.29. The molecule has 0 aromatic heterocycles. The van der Waals surface area contributed by atoms with Gasteiger partial charge in [0.15, 0.2) is 0 Å². The van der Waals surface area contributed by atoms with Crippen molar-refractivity contribution in [3.63, 3.8) is 0 Å². The van der Waals surface area contributed by atoms with Gasteiger partial charge in [-0.05, 0) is 24.4 Å². The molecule has 0 amide bonds. The smallest absolute Gasteiger partial charge is 0.0944 e. The number of hydrogen-bond donors (Lipinski definition) is 2. The lowest BCUT2D eigenvalue weighted by atomic mass is 9.99. The molecule has 2 unspecified atom stereocenters. The van der Waals surface area contributed by atoms with Crippen molar-refractivity contribution in [1.82, 2.24) is 5.32 Å². The predicted octanol–water partition coefficient (Wildman–Crippen LogP) is 1.93. The van der Waals surface area contributed by atoms with E-state index in [9.17, 15) is 0 Å². The number of rotatable bonds is 5. The molecule has 1 aliphatic heterocycles. The summed E-state index contributed by atoms with van der Waals surface area (Å²) < 4.78 is 0. The van der Waals surface area contributed by atoms with Gasteiger partial charge in [0, 0.05) is 13.0 Å². The Morgan fingerprint density at radius 2 is 2.12 bits per heavy atom. The van der Waals surface area contributed by atoms with Gasteiger partial charge in [-0.15, -0.1) is 0 Å². The third-order valence-electron chi connectivity index (χ3n) is 3.31. The first-order valence-corrected chi connectivity index (χ1v) is 6.32. The van der Waals surface area contributed by atoms with Crippen LogP contribution in [-0.2, 0) is 6.54 Å². The van der Waals surface area contributed by atoms with E-state index in [1.807, 2.05) is 6.07 Å². The Balaban J connectivity index is 1.67. The minimum Gasteiger partial charge on any atom is -0.387 e. The lowest BCUT2D eigenvalue weighted by Gasteiger charge is -2.13. The summed E-state index contributed by atoms with van der Waals surface area (Å²) in [4.78, 5) is 4.47. The Labute approximate surface area is 103 Å². The lowest BCUT2D eigenvalue weighted by Crippen LogP contribution is -2.21. The average molecular weight is 231 g/mol. The minimum atomic E-state index is 0.415. The highest BCUT2D eigenvalue weighted by Crippen LogP contribution is 2.21. The molecule has 3 nitrogen and oxygen atoms in total. The van der Waals surface area contributed by atoms with Crippen molar-refractivity contribution in [1.29, 1.82) is 0 Å². The second-order valence-corrected chi connectivity index (χ2v) is 4.82. The fourth-order valence-corrected chi connectivity index (χ4v) is 2.29. The summed E-state index contributed by atoms with van der Waals surface area (Å²) in [5, 5.41) is 3.45. The highest BCUT2D eigenvalue weighted by molar-refractivity contribution is 5.82. The van der Waals surface area contributed by atoms with Crippen LogP contribution >= 0.6 is 0 Å². The van der Waals surface area contributed by atoms with Crippen molar-refractivity contribution in [3.8, 4) is 0 Å². The number of nitrogens with two attached hydrogens (primary N) is 1. The fraction of sp³-hybridized carbons (Fsp3) is 0.500. The molecule has 1 aromatic rings. The molecule has 2 rings (SSSR count). The van der Waals surface area contributed by atoms with E-state index >= 15 is 0 Å². The molecule has 3 heteroatoms. The largest absolute Gasteiger partial charge is 0.387 e. The second kappa shape index (κ2) is 5.82. The molecule has 1 aromatic carbocycles. The van der Waals surface area contributed by atoms with Crippen LogP contribution in [0.4, 0.5) is 0 Å². The number of amidine groups is 1. The molecule has 92 valence electrons. The van der Waals surface area contributed by atoms with Gasteiger partial charge in [0.2, 0.25) is 0 Å². The predicted molar refractivity (Wildman–Crippen MR) is 72.0 cm³/mol. The number of aliphatic imine (C=N–C) groups is 1. The van der Waals surface area contributed by atoms with Crippen LogP contribution in [0.25, 0.3) is 0 Å². The normalized spacial score (nSPS) is 23.7. The van der Waals surface area contributed by atoms with E-state index in [-0.39, 0.29) is 0 Å². The van der Waals surface area contributed by atoms with Crippen molar-refractivity contribution in [2.75, 3.05) is 6.54 Å². The molecule has 3 N–H and O–H groups in total. The maximum absolute atomic E-state index is 5.74. The third-order valence-corrected chi connectivity index (χ3v) is 3.31. The van der Waals surface area contributed by atoms with E-state index in [0.29, 0.717) is 12.0 Å². The van der Waals surface area contributed by atoms with Gasteiger partial charge in [-0.2, -0.15) is 0 Å². The summed E-state index contributed by atoms with van der Waals surface area (Å²) in [6, 6.07) is 10.9. The van der Waals surface area contributed by atoms with E-state index in [1.165, 1.54) is 5.56 Å². The summed E-state index contributed by atoms with van der Waals surface area (Å²) in [7, 11) is 0. The van der Waals surface area contributed by atoms with E-state index in [1.54, 1.807) is 0 Å². The quantitative estimate of drug-likeness (QED) is 0.761. The number of nitrogens with zero attached hydrogens (tertiary/aromatic N) is 1. The van der Waals surface area contributed by atoms with Crippen LogP contribution in [0.3, 0.4) is 0 Å². The maximum atomic E-state index is 5.74. The van der Waals surface area contributed by atoms with E-state index in [0.717, 1.165) is 31.8 Å². The Kier molecular flexibility index (Phi) is 4.15. The van der Waals surface area contributed by atoms with Gasteiger partial charge in [0.05, 0.1) is 11.9 Å². The van der Waals surface area contributed by atoms with Crippen LogP contribution in [0.5, 0.6) is 0 Å². The van der Waals surface area contributed by atoms with Crippen LogP contribution in [0.1, 0.15) is 25.3 Å². The van der Waals surface area contributed by atoms with Crippen molar-refractivity contribution >= 4 is 5.84 Å². The molecule has 0 saturated carbocycles. The molecular weight excluding hydrogens is 210 g/mol. The molecule has 0 aliphatic carbocycles. The van der Waals surface area contributed by atoms with E-state index in [4.69, 9.17) is 5.73 Å². The monoisotopic (exact) mass is 231 g/mol. The average Bonchev–Trinajstić information content (AvgIpc) is 2.65. The van der Waals surface area contributed by atoms with Gasteiger partial charge < -0.3 is 11.1 Å². The first-order valence-electron chi connectivity index (χ1n) is 6.32. The third kappa shape index (κ3) is 3.56. The Hall–Kier alpha value is -1.35. The van der Waals surface area contributed by atoms with Gasteiger partial charge in [0.25, 0.3) is 0 Å². The van der Waals surface area contributed by atoms with Crippen molar-refractivity contribution in [2.24, 2.45) is 16.6 Å². The second-order valence-electron chi connectivity index (χ2n) is 4.82. The minimum absolute atomic E-state index is 0.415. The van der Waals surface area contributed by atoms with Gasteiger partial charge in [0.1, 0.15) is 0 Å². The molecule has 2 atom stereocenters. The number of nitrogens with one attached hydrogen (secondary N) is 1. The lowest BCUT2D eigenvalue weighted by molar-refractivity contribution is 0.460. The van der Waals surface area contributed by atoms with Crippen LogP contribution in [0, 0.1) is 5.92 Å². The highest BCUT2D eigenvalue weighted by Gasteiger charge is 2.23. The maximum Gasteiger partial charge on any atom is 0.0944 e. The number of hydrogen-bond acceptors (Lipinski definition) is 3. The van der Waals surface area contributed by atoms with Crippen molar-refractivity contribution < 1.29 is 0 Å². The Bertz CT molecular complexity index is 372. The SMILES string of the molecule is CC1CC(N)=NC1CCNCc1ccccc1. The van der Waals surface area contributed by atoms with Gasteiger partial charge in [-0.25, -0.2) is 0 Å². The molecule has 0 radical (unpaired) electrons. The molecule has 1 aliphatic rings. The topological polar surface area (TPSA) is 50.4 Å². The highest BCUT2D eigenvalue weighted by atomic mass is 14.9. The molecule has 0 spiro atoms. The summed E-state index contributed by atoms with van der Waals surface area (Å²) >= 11 is 0. The first-order chi connectivity index (χ1) is 8.25. The van der Waals surface area contributed by atoms with Crippen LogP contribution in [0.15, 0.2) is 35.3 Å². The van der Waals surface area contributed by atoms with E-state index in [2.05, 4.69) is 41.5 Å². The van der Waals surface area contributed by atoms with Crippen molar-refractivity contribution in [2.45, 2.75) is 32.4 Å². The van der Waals surface area contributed by atoms with Crippen LogP contribution < -0.4 is 11.1 Å². The summed E-state index contributed by atoms with van der Waals surface area (Å²) in [6.07, 6.45) is 2.04. The molecule has 17 heavy (non-hydrogen) atoms. The van der Waals surface area contributed by atoms with E-state index < -0.39 is 0 Å². The zero-order valence-corrected chi connectivity index (χ0v) is 10.4. The molecule has 0 bridgehead atoms. The Morgan fingerprint density at radius 3 is 2.76 bits per heavy atom. The standard InChI is InChI=1S/C14H21N3/c1-11-9-14(15)17-13(11)7-8-16-10-12-5-3-2-4-6-12/h2-6,11,13,16H,7-10H2,1H3,(H2,15,17). The van der Waals surface area contributed by atoms with Gasteiger partial charge >= 0.3 is 0 Å². The van der Waals surface area contributed by atoms with Gasteiger partial charge in [-0.1, -0.05) is 37.3 Å². The Morgan fingerprint density at radius 1 is 1.35 bits per heavy atom. The summed E-state index contributed by atoms with van der Waals surface area (Å²) in [6.45, 7) is 4.16. The summed E-state index contributed by atoms with van der Waals surface area (Å²) in [5.41, 5.74) is 7.07. The number of benzene rings is 1. The molecule has 0 fully saturated rings.